The molecule has 244 valence electrons. The molecule has 0 fully saturated rings. The number of phenols is 1. The lowest BCUT2D eigenvalue weighted by atomic mass is 9.87. The van der Waals surface area contributed by atoms with E-state index in [1.807, 2.05) is 36.4 Å². The van der Waals surface area contributed by atoms with Gasteiger partial charge < -0.3 is 33.7 Å². The molecule has 0 aliphatic carbocycles. The summed E-state index contributed by atoms with van der Waals surface area (Å²) in [5.74, 6) is 2.75. The Balaban J connectivity index is 1.34. The van der Waals surface area contributed by atoms with E-state index < -0.39 is 0 Å². The largest absolute Gasteiger partial charge is 0.502 e. The number of hydrogen-bond acceptors (Lipinski definition) is 9. The highest BCUT2D eigenvalue weighted by Crippen LogP contribution is 2.50. The molecule has 4 aromatic carbocycles. The first kappa shape index (κ1) is 31.7. The van der Waals surface area contributed by atoms with E-state index in [4.69, 9.17) is 23.7 Å². The SMILES string of the molecule is COc1ccc(C=O)cc1Oc1ccc(C[C@H]2c3c(cc(OC)c(O)c3Oc3cc4c(cc3OC)CCN(C)C4=O)CCN2C)cc1. The number of likely N-dealkylation sites (N-methyl/N-ethyl adjacent to an activating group) is 2. The van der Waals surface area contributed by atoms with Crippen LogP contribution in [0.15, 0.2) is 60.7 Å². The van der Waals surface area contributed by atoms with Crippen LogP contribution in [0.4, 0.5) is 0 Å². The molecule has 0 saturated carbocycles. The summed E-state index contributed by atoms with van der Waals surface area (Å²) in [4.78, 5) is 28.3. The van der Waals surface area contributed by atoms with E-state index >= 15 is 0 Å². The molecular weight excluding hydrogens is 600 g/mol. The summed E-state index contributed by atoms with van der Waals surface area (Å²) >= 11 is 0. The zero-order valence-electron chi connectivity index (χ0n) is 27.2. The summed E-state index contributed by atoms with van der Waals surface area (Å²) in [6.45, 7) is 1.42. The molecule has 1 N–H and O–H groups in total. The number of phenolic OH excluding ortho intramolecular Hbond substituents is 1. The smallest absolute Gasteiger partial charge is 0.254 e. The normalized spacial score (nSPS) is 15.8. The Bertz CT molecular complexity index is 1820. The summed E-state index contributed by atoms with van der Waals surface area (Å²) in [5.41, 5.74) is 4.83. The van der Waals surface area contributed by atoms with Gasteiger partial charge in [0.05, 0.1) is 21.3 Å². The molecule has 0 unspecified atom stereocenters. The predicted octanol–water partition coefficient (Wildman–Crippen LogP) is 6.21. The van der Waals surface area contributed by atoms with Gasteiger partial charge in [-0.05, 0) is 91.5 Å². The highest BCUT2D eigenvalue weighted by molar-refractivity contribution is 5.97. The molecule has 0 bridgehead atoms. The summed E-state index contributed by atoms with van der Waals surface area (Å²) < 4.78 is 29.3. The maximum absolute atomic E-state index is 13.0. The first-order valence-electron chi connectivity index (χ1n) is 15.4. The van der Waals surface area contributed by atoms with Gasteiger partial charge in [0.25, 0.3) is 5.91 Å². The fourth-order valence-corrected chi connectivity index (χ4v) is 6.29. The number of rotatable bonds is 10. The number of ether oxygens (including phenoxy) is 5. The number of nitrogens with zero attached hydrogens (tertiary/aromatic N) is 2. The number of methoxy groups -OCH3 is 3. The Labute approximate surface area is 274 Å². The highest BCUT2D eigenvalue weighted by Gasteiger charge is 2.33. The van der Waals surface area contributed by atoms with Gasteiger partial charge in [0.2, 0.25) is 5.75 Å². The van der Waals surface area contributed by atoms with Crippen LogP contribution in [0, 0.1) is 0 Å². The molecule has 6 rings (SSSR count). The van der Waals surface area contributed by atoms with Gasteiger partial charge in [-0.25, -0.2) is 0 Å². The minimum Gasteiger partial charge on any atom is -0.502 e. The standard InChI is InChI=1S/C37H38N2O8/c1-38-14-13-25-19-33(45-5)35(41)36(47-32-20-27-24(18-30(32)44-4)12-15-39(2)37(27)42)34(25)28(38)16-22-6-9-26(10-7-22)46-31-17-23(21-40)8-11-29(31)43-3/h6-11,17-21,28,41H,12-16H2,1-5H3/t28-/m0/s1. The maximum atomic E-state index is 13.0. The Morgan fingerprint density at radius 2 is 1.47 bits per heavy atom. The van der Waals surface area contributed by atoms with Gasteiger partial charge in [-0.15, -0.1) is 0 Å². The summed E-state index contributed by atoms with van der Waals surface area (Å²) in [5, 5.41) is 11.5. The average molecular weight is 639 g/mol. The lowest BCUT2D eigenvalue weighted by Crippen LogP contribution is -2.34. The lowest BCUT2D eigenvalue weighted by molar-refractivity contribution is 0.0780. The van der Waals surface area contributed by atoms with Crippen LogP contribution in [-0.2, 0) is 19.3 Å². The predicted molar refractivity (Wildman–Crippen MR) is 176 cm³/mol. The molecule has 0 saturated heterocycles. The molecule has 1 atom stereocenters. The molecule has 2 aliphatic rings. The minimum absolute atomic E-state index is 0.0874. The van der Waals surface area contributed by atoms with Crippen molar-refractivity contribution in [1.29, 1.82) is 0 Å². The number of amides is 1. The summed E-state index contributed by atoms with van der Waals surface area (Å²) in [6, 6.07) is 18.0. The highest BCUT2D eigenvalue weighted by atomic mass is 16.5. The number of aldehydes is 1. The van der Waals surface area contributed by atoms with Crippen LogP contribution in [0.5, 0.6) is 46.0 Å². The molecule has 10 heteroatoms. The van der Waals surface area contributed by atoms with Crippen LogP contribution in [0.25, 0.3) is 0 Å². The quantitative estimate of drug-likeness (QED) is 0.203. The Morgan fingerprint density at radius 1 is 0.787 bits per heavy atom. The third-order valence-electron chi connectivity index (χ3n) is 8.96. The molecule has 0 aromatic heterocycles. The number of carbonyl (C=O) groups excluding carboxylic acids is 2. The molecule has 0 radical (unpaired) electrons. The maximum Gasteiger partial charge on any atom is 0.254 e. The van der Waals surface area contributed by atoms with Gasteiger partial charge in [0.15, 0.2) is 34.5 Å². The third kappa shape index (κ3) is 6.16. The van der Waals surface area contributed by atoms with Crippen molar-refractivity contribution in [2.45, 2.75) is 25.3 Å². The van der Waals surface area contributed by atoms with Gasteiger partial charge in [-0.2, -0.15) is 0 Å². The molecule has 2 heterocycles. The zero-order valence-corrected chi connectivity index (χ0v) is 27.2. The monoisotopic (exact) mass is 638 g/mol. The van der Waals surface area contributed by atoms with Crippen LogP contribution in [0.1, 0.15) is 49.0 Å². The van der Waals surface area contributed by atoms with Gasteiger partial charge >= 0.3 is 0 Å². The van der Waals surface area contributed by atoms with E-state index in [2.05, 4.69) is 11.9 Å². The molecule has 47 heavy (non-hydrogen) atoms. The number of fused-ring (bicyclic) bond motifs is 2. The molecule has 0 spiro atoms. The van der Waals surface area contributed by atoms with Crippen molar-refractivity contribution in [2.75, 3.05) is 48.5 Å². The van der Waals surface area contributed by atoms with Crippen molar-refractivity contribution in [3.8, 4) is 46.0 Å². The molecule has 1 amide bonds. The number of aromatic hydroxyl groups is 1. The lowest BCUT2D eigenvalue weighted by Gasteiger charge is -2.36. The second kappa shape index (κ2) is 13.3. The summed E-state index contributed by atoms with van der Waals surface area (Å²) in [7, 11) is 8.46. The van der Waals surface area contributed by atoms with Crippen molar-refractivity contribution in [1.82, 2.24) is 9.80 Å². The molecule has 10 nitrogen and oxygen atoms in total. The van der Waals surface area contributed by atoms with Crippen molar-refractivity contribution in [3.05, 3.63) is 94.0 Å². The third-order valence-corrected chi connectivity index (χ3v) is 8.96. The van der Waals surface area contributed by atoms with Crippen molar-refractivity contribution >= 4 is 12.2 Å². The van der Waals surface area contributed by atoms with Gasteiger partial charge in [0, 0.05) is 42.9 Å². The van der Waals surface area contributed by atoms with Gasteiger partial charge in [-0.1, -0.05) is 12.1 Å². The van der Waals surface area contributed by atoms with E-state index in [0.29, 0.717) is 65.0 Å². The van der Waals surface area contributed by atoms with Crippen molar-refractivity contribution in [3.63, 3.8) is 0 Å². The first-order chi connectivity index (χ1) is 22.7. The Morgan fingerprint density at radius 3 is 2.17 bits per heavy atom. The van der Waals surface area contributed by atoms with E-state index in [1.54, 1.807) is 50.4 Å². The second-order valence-electron chi connectivity index (χ2n) is 11.8. The van der Waals surface area contributed by atoms with E-state index in [1.165, 1.54) is 7.11 Å². The van der Waals surface area contributed by atoms with Crippen molar-refractivity contribution in [2.24, 2.45) is 0 Å². The van der Waals surface area contributed by atoms with Crippen LogP contribution in [0.2, 0.25) is 0 Å². The Kier molecular flexibility index (Phi) is 8.95. The number of carbonyl (C=O) groups is 2. The van der Waals surface area contributed by atoms with Crippen LogP contribution in [-0.4, -0.2) is 75.6 Å². The topological polar surface area (TPSA) is 107 Å². The fourth-order valence-electron chi connectivity index (χ4n) is 6.29. The van der Waals surface area contributed by atoms with E-state index in [9.17, 15) is 14.7 Å². The Hall–Kier alpha value is -5.22. The van der Waals surface area contributed by atoms with Gasteiger partial charge in [0.1, 0.15) is 12.0 Å². The average Bonchev–Trinajstić information content (AvgIpc) is 3.09. The van der Waals surface area contributed by atoms with Crippen LogP contribution in [0.3, 0.4) is 0 Å². The summed E-state index contributed by atoms with van der Waals surface area (Å²) in [6.07, 6.45) is 2.82. The second-order valence-corrected chi connectivity index (χ2v) is 11.8. The van der Waals surface area contributed by atoms with E-state index in [0.717, 1.165) is 41.5 Å². The molecular formula is C37H38N2O8. The van der Waals surface area contributed by atoms with Crippen molar-refractivity contribution < 1.29 is 38.4 Å². The number of hydrogen-bond donors (Lipinski definition) is 1. The minimum atomic E-state index is -0.155. The number of benzene rings is 4. The van der Waals surface area contributed by atoms with Gasteiger partial charge in [-0.3, -0.25) is 14.5 Å². The molecule has 2 aliphatic heterocycles. The van der Waals surface area contributed by atoms with E-state index in [-0.39, 0.29) is 23.4 Å². The van der Waals surface area contributed by atoms with Crippen LogP contribution < -0.4 is 23.7 Å². The fraction of sp³-hybridized carbons (Fsp3) is 0.297. The van der Waals surface area contributed by atoms with Crippen LogP contribution >= 0.6 is 0 Å². The molecule has 4 aromatic rings. The zero-order chi connectivity index (χ0) is 33.2. The first-order valence-corrected chi connectivity index (χ1v) is 15.4.